The average molecular weight is 298 g/mol. The van der Waals surface area contributed by atoms with E-state index in [1.807, 2.05) is 7.11 Å². The van der Waals surface area contributed by atoms with Crippen molar-refractivity contribution in [1.29, 1.82) is 0 Å². The second-order valence-corrected chi connectivity index (χ2v) is 8.14. The van der Waals surface area contributed by atoms with Crippen LogP contribution < -0.4 is 0 Å². The Morgan fingerprint density at radius 1 is 1.18 bits per heavy atom. The molecule has 0 saturated heterocycles. The van der Waals surface area contributed by atoms with Crippen LogP contribution in [0.15, 0.2) is 35.1 Å². The Kier molecular flexibility index (Phi) is 3.51. The highest BCUT2D eigenvalue weighted by molar-refractivity contribution is 5.32. The molecule has 120 valence electrons. The molecule has 0 amide bonds. The summed E-state index contributed by atoms with van der Waals surface area (Å²) in [6, 6.07) is 0. The minimum atomic E-state index is 0.517. The van der Waals surface area contributed by atoms with Crippen LogP contribution in [0.3, 0.4) is 0 Å². The lowest BCUT2D eigenvalue weighted by atomic mass is 9.53. The Balaban J connectivity index is 1.64. The van der Waals surface area contributed by atoms with Crippen molar-refractivity contribution < 1.29 is 4.74 Å². The highest BCUT2D eigenvalue weighted by Crippen LogP contribution is 2.62. The summed E-state index contributed by atoms with van der Waals surface area (Å²) in [5.41, 5.74) is 3.87. The van der Waals surface area contributed by atoms with Gasteiger partial charge in [0, 0.05) is 6.42 Å². The molecule has 0 spiro atoms. The third kappa shape index (κ3) is 1.97. The van der Waals surface area contributed by atoms with Gasteiger partial charge in [0.2, 0.25) is 0 Å². The van der Waals surface area contributed by atoms with Gasteiger partial charge in [-0.2, -0.15) is 0 Å². The summed E-state index contributed by atoms with van der Waals surface area (Å²) in [7, 11) is 1.82. The first kappa shape index (κ1) is 14.6. The van der Waals surface area contributed by atoms with Gasteiger partial charge in [0.25, 0.3) is 0 Å². The van der Waals surface area contributed by atoms with E-state index >= 15 is 0 Å². The molecule has 5 atom stereocenters. The Hall–Kier alpha value is -0.980. The SMILES string of the molecule is CC=C1CC[C@H]2[C@@H]3CC=C4C=C(OC)CC[C@@H]4[C@H]3CC[C@]12C. The molecule has 0 aromatic heterocycles. The van der Waals surface area contributed by atoms with Crippen molar-refractivity contribution in [1.82, 2.24) is 0 Å². The molecule has 4 rings (SSSR count). The maximum absolute atomic E-state index is 5.50. The molecule has 1 nitrogen and oxygen atoms in total. The van der Waals surface area contributed by atoms with Crippen molar-refractivity contribution >= 4 is 0 Å². The Morgan fingerprint density at radius 2 is 2.05 bits per heavy atom. The molecule has 0 N–H and O–H groups in total. The molecule has 2 fully saturated rings. The van der Waals surface area contributed by atoms with E-state index in [4.69, 9.17) is 4.74 Å². The van der Waals surface area contributed by atoms with Gasteiger partial charge in [-0.25, -0.2) is 0 Å². The molecule has 1 heteroatoms. The standard InChI is InChI=1S/C21H30O/c1-4-15-6-10-20-19-8-5-14-13-16(22-3)7-9-17(14)18(19)11-12-21(15,20)2/h4-5,13,17-20H,6-12H2,1-3H3/t17-,18+,19+,20-,21+/m0/s1. The zero-order chi connectivity index (χ0) is 15.3. The van der Waals surface area contributed by atoms with Crippen LogP contribution in [-0.4, -0.2) is 7.11 Å². The maximum atomic E-state index is 5.50. The van der Waals surface area contributed by atoms with E-state index < -0.39 is 0 Å². The largest absolute Gasteiger partial charge is 0.501 e. The van der Waals surface area contributed by atoms with Gasteiger partial charge in [0.05, 0.1) is 12.9 Å². The second kappa shape index (κ2) is 5.28. The van der Waals surface area contributed by atoms with Gasteiger partial charge >= 0.3 is 0 Å². The lowest BCUT2D eigenvalue weighted by molar-refractivity contribution is 0.0285. The van der Waals surface area contributed by atoms with E-state index in [9.17, 15) is 0 Å². The minimum absolute atomic E-state index is 0.517. The fourth-order valence-corrected chi connectivity index (χ4v) is 6.41. The van der Waals surface area contributed by atoms with E-state index in [0.717, 1.165) is 30.1 Å². The maximum Gasteiger partial charge on any atom is 0.0958 e. The van der Waals surface area contributed by atoms with Gasteiger partial charge in [-0.15, -0.1) is 0 Å². The topological polar surface area (TPSA) is 9.23 Å². The summed E-state index contributed by atoms with van der Waals surface area (Å²) < 4.78 is 5.50. The lowest BCUT2D eigenvalue weighted by Gasteiger charge is -2.52. The average Bonchev–Trinajstić information content (AvgIpc) is 2.90. The van der Waals surface area contributed by atoms with Crippen molar-refractivity contribution in [3.63, 3.8) is 0 Å². The zero-order valence-corrected chi connectivity index (χ0v) is 14.4. The third-order valence-corrected chi connectivity index (χ3v) is 7.55. The predicted molar refractivity (Wildman–Crippen MR) is 91.3 cm³/mol. The van der Waals surface area contributed by atoms with Crippen molar-refractivity contribution in [3.05, 3.63) is 35.1 Å². The quantitative estimate of drug-likeness (QED) is 0.569. The molecular formula is C21H30O. The molecular weight excluding hydrogens is 268 g/mol. The molecule has 0 heterocycles. The van der Waals surface area contributed by atoms with Crippen LogP contribution in [0.2, 0.25) is 0 Å². The highest BCUT2D eigenvalue weighted by Gasteiger charge is 2.53. The Morgan fingerprint density at radius 3 is 2.82 bits per heavy atom. The van der Waals surface area contributed by atoms with Gasteiger partial charge in [-0.3, -0.25) is 0 Å². The van der Waals surface area contributed by atoms with E-state index in [-0.39, 0.29) is 0 Å². The zero-order valence-electron chi connectivity index (χ0n) is 14.4. The fourth-order valence-electron chi connectivity index (χ4n) is 6.41. The number of allylic oxidation sites excluding steroid dienone is 6. The van der Waals surface area contributed by atoms with Crippen molar-refractivity contribution in [2.75, 3.05) is 7.11 Å². The summed E-state index contributed by atoms with van der Waals surface area (Å²) in [6.45, 7) is 4.82. The first-order valence-corrected chi connectivity index (χ1v) is 9.27. The summed E-state index contributed by atoms with van der Waals surface area (Å²) in [4.78, 5) is 0. The lowest BCUT2D eigenvalue weighted by Crippen LogP contribution is -2.43. The number of rotatable bonds is 1. The molecule has 0 aromatic rings. The van der Waals surface area contributed by atoms with Crippen molar-refractivity contribution in [2.45, 2.75) is 58.8 Å². The molecule has 0 aliphatic heterocycles. The molecule has 22 heavy (non-hydrogen) atoms. The van der Waals surface area contributed by atoms with Crippen LogP contribution in [0, 0.1) is 29.1 Å². The smallest absolute Gasteiger partial charge is 0.0958 e. The van der Waals surface area contributed by atoms with Gasteiger partial charge in [0.15, 0.2) is 0 Å². The molecule has 0 radical (unpaired) electrons. The Bertz CT molecular complexity index is 552. The van der Waals surface area contributed by atoms with Crippen LogP contribution in [0.4, 0.5) is 0 Å². The molecule has 0 bridgehead atoms. The van der Waals surface area contributed by atoms with E-state index in [1.165, 1.54) is 44.3 Å². The second-order valence-electron chi connectivity index (χ2n) is 8.14. The van der Waals surface area contributed by atoms with E-state index in [0.29, 0.717) is 5.41 Å². The normalized spacial score (nSPS) is 45.5. The highest BCUT2D eigenvalue weighted by atomic mass is 16.5. The molecule has 0 unspecified atom stereocenters. The van der Waals surface area contributed by atoms with Crippen molar-refractivity contribution in [2.24, 2.45) is 29.1 Å². The number of hydrogen-bond donors (Lipinski definition) is 0. The summed E-state index contributed by atoms with van der Waals surface area (Å²) in [5.74, 6) is 4.81. The first-order valence-electron chi connectivity index (χ1n) is 9.27. The Labute approximate surface area is 135 Å². The van der Waals surface area contributed by atoms with Crippen LogP contribution in [-0.2, 0) is 4.74 Å². The monoisotopic (exact) mass is 298 g/mol. The first-order chi connectivity index (χ1) is 10.7. The summed E-state index contributed by atoms with van der Waals surface area (Å²) in [5, 5.41) is 0. The third-order valence-electron chi connectivity index (χ3n) is 7.55. The van der Waals surface area contributed by atoms with Gasteiger partial charge in [0.1, 0.15) is 0 Å². The molecule has 2 saturated carbocycles. The summed E-state index contributed by atoms with van der Waals surface area (Å²) >= 11 is 0. The van der Waals surface area contributed by atoms with Crippen LogP contribution in [0.5, 0.6) is 0 Å². The van der Waals surface area contributed by atoms with Gasteiger partial charge in [-0.05, 0) is 86.2 Å². The fraction of sp³-hybridized carbons (Fsp3) is 0.714. The van der Waals surface area contributed by atoms with E-state index in [2.05, 4.69) is 32.1 Å². The number of fused-ring (bicyclic) bond motifs is 5. The minimum Gasteiger partial charge on any atom is -0.501 e. The number of hydrogen-bond acceptors (Lipinski definition) is 1. The van der Waals surface area contributed by atoms with Gasteiger partial charge in [-0.1, -0.05) is 24.6 Å². The van der Waals surface area contributed by atoms with Crippen LogP contribution >= 0.6 is 0 Å². The van der Waals surface area contributed by atoms with Gasteiger partial charge < -0.3 is 4.74 Å². The molecule has 4 aliphatic carbocycles. The molecule has 4 aliphatic rings. The summed E-state index contributed by atoms with van der Waals surface area (Å²) in [6.07, 6.45) is 16.8. The number of methoxy groups -OCH3 is 1. The number of ether oxygens (including phenoxy) is 1. The van der Waals surface area contributed by atoms with Crippen LogP contribution in [0.25, 0.3) is 0 Å². The molecule has 0 aromatic carbocycles. The van der Waals surface area contributed by atoms with Crippen molar-refractivity contribution in [3.8, 4) is 0 Å². The van der Waals surface area contributed by atoms with E-state index in [1.54, 1.807) is 11.1 Å². The van der Waals surface area contributed by atoms with Crippen LogP contribution in [0.1, 0.15) is 58.8 Å². The predicted octanol–water partition coefficient (Wildman–Crippen LogP) is 5.65.